The van der Waals surface area contributed by atoms with Gasteiger partial charge in [-0.3, -0.25) is 19.7 Å². The van der Waals surface area contributed by atoms with Gasteiger partial charge in [-0.05, 0) is 31.5 Å². The number of anilines is 1. The second-order valence-corrected chi connectivity index (χ2v) is 8.45. The molecule has 35 heavy (non-hydrogen) atoms. The summed E-state index contributed by atoms with van der Waals surface area (Å²) in [5, 5.41) is 25.1. The summed E-state index contributed by atoms with van der Waals surface area (Å²) in [7, 11) is 0. The number of benzene rings is 2. The number of hydrogen-bond acceptors (Lipinski definition) is 7. The maximum absolute atomic E-state index is 13.9. The van der Waals surface area contributed by atoms with E-state index in [4.69, 9.17) is 0 Å². The summed E-state index contributed by atoms with van der Waals surface area (Å²) in [5.74, 6) is -1.23. The minimum atomic E-state index is -0.633. The fourth-order valence-corrected chi connectivity index (χ4v) is 3.94. The highest BCUT2D eigenvalue weighted by molar-refractivity contribution is 7.99. The molecule has 0 fully saturated rings. The van der Waals surface area contributed by atoms with Gasteiger partial charge in [0.15, 0.2) is 11.0 Å². The molecule has 3 rings (SSSR count). The summed E-state index contributed by atoms with van der Waals surface area (Å²) >= 11 is 1.11. The molecular weight excluding hydrogens is 475 g/mol. The summed E-state index contributed by atoms with van der Waals surface area (Å²) in [6.45, 7) is 7.46. The van der Waals surface area contributed by atoms with Gasteiger partial charge in [-0.2, -0.15) is 0 Å². The van der Waals surface area contributed by atoms with E-state index in [0.717, 1.165) is 11.8 Å². The fourth-order valence-electron chi connectivity index (χ4n) is 3.19. The Balaban J connectivity index is 1.69. The van der Waals surface area contributed by atoms with Gasteiger partial charge in [0, 0.05) is 18.7 Å². The number of thioether (sulfide) groups is 1. The fraction of sp³-hybridized carbons (Fsp3) is 0.217. The Morgan fingerprint density at radius 3 is 2.71 bits per heavy atom. The molecule has 0 aliphatic heterocycles. The van der Waals surface area contributed by atoms with E-state index < -0.39 is 22.7 Å². The van der Waals surface area contributed by atoms with Crippen molar-refractivity contribution < 1.29 is 18.9 Å². The van der Waals surface area contributed by atoms with Gasteiger partial charge in [0.2, 0.25) is 5.91 Å². The van der Waals surface area contributed by atoms with Crippen LogP contribution in [0.25, 0.3) is 0 Å². The molecule has 0 unspecified atom stereocenters. The van der Waals surface area contributed by atoms with Crippen LogP contribution in [0.15, 0.2) is 60.3 Å². The predicted octanol–water partition coefficient (Wildman–Crippen LogP) is 4.04. The van der Waals surface area contributed by atoms with Gasteiger partial charge in [-0.25, -0.2) is 4.39 Å². The Kier molecular flexibility index (Phi) is 8.31. The zero-order valence-electron chi connectivity index (χ0n) is 19.0. The maximum Gasteiger partial charge on any atom is 0.271 e. The lowest BCUT2D eigenvalue weighted by molar-refractivity contribution is -0.384. The van der Waals surface area contributed by atoms with Crippen molar-refractivity contribution in [2.75, 3.05) is 11.1 Å². The van der Waals surface area contributed by atoms with Gasteiger partial charge < -0.3 is 15.2 Å². The number of aryl methyl sites for hydroxylation is 1. The number of nitrogens with one attached hydrogen (secondary N) is 2. The third-order valence-corrected chi connectivity index (χ3v) is 5.92. The van der Waals surface area contributed by atoms with E-state index in [0.29, 0.717) is 28.8 Å². The van der Waals surface area contributed by atoms with Crippen molar-refractivity contribution in [3.8, 4) is 0 Å². The minimum absolute atomic E-state index is 0.0344. The van der Waals surface area contributed by atoms with Crippen LogP contribution in [0.3, 0.4) is 0 Å². The van der Waals surface area contributed by atoms with Crippen LogP contribution >= 0.6 is 11.8 Å². The van der Waals surface area contributed by atoms with Gasteiger partial charge in [0.1, 0.15) is 5.82 Å². The first kappa shape index (κ1) is 25.6. The molecule has 2 N–H and O–H groups in total. The molecule has 1 heterocycles. The topological polar surface area (TPSA) is 132 Å². The molecule has 0 aliphatic carbocycles. The summed E-state index contributed by atoms with van der Waals surface area (Å²) in [6.07, 6.45) is 1.62. The van der Waals surface area contributed by atoms with E-state index in [1.807, 2.05) is 0 Å². The molecule has 182 valence electrons. The molecular formula is C23H23FN6O4S. The largest absolute Gasteiger partial charge is 0.342 e. The highest BCUT2D eigenvalue weighted by Crippen LogP contribution is 2.24. The van der Waals surface area contributed by atoms with Crippen molar-refractivity contribution in [2.24, 2.45) is 0 Å². The minimum Gasteiger partial charge on any atom is -0.342 e. The van der Waals surface area contributed by atoms with Crippen LogP contribution in [-0.2, 0) is 11.3 Å². The number of allylic oxidation sites excluding steroid dienone is 1. The average Bonchev–Trinajstić information content (AvgIpc) is 3.22. The van der Waals surface area contributed by atoms with Crippen molar-refractivity contribution in [2.45, 2.75) is 31.6 Å². The highest BCUT2D eigenvalue weighted by atomic mass is 32.2. The van der Waals surface area contributed by atoms with Crippen LogP contribution in [0.1, 0.15) is 34.7 Å². The Morgan fingerprint density at radius 1 is 1.29 bits per heavy atom. The second kappa shape index (κ2) is 11.4. The SMILES string of the molecule is C=CCn1c(SCC(=O)Nc2cc([N+](=O)[O-])ccc2C)nnc1[C@H](C)NC(=O)c1ccccc1F. The molecule has 0 aliphatic rings. The molecule has 0 bridgehead atoms. The van der Waals surface area contributed by atoms with Gasteiger partial charge in [-0.1, -0.05) is 36.0 Å². The first-order chi connectivity index (χ1) is 16.7. The van der Waals surface area contributed by atoms with Crippen LogP contribution in [0.5, 0.6) is 0 Å². The number of halogens is 1. The van der Waals surface area contributed by atoms with Crippen molar-refractivity contribution in [3.63, 3.8) is 0 Å². The Hall–Kier alpha value is -4.06. The van der Waals surface area contributed by atoms with Crippen molar-refractivity contribution in [1.82, 2.24) is 20.1 Å². The number of amides is 2. The highest BCUT2D eigenvalue weighted by Gasteiger charge is 2.22. The quantitative estimate of drug-likeness (QED) is 0.187. The third kappa shape index (κ3) is 6.29. The number of nitrogens with zero attached hydrogens (tertiary/aromatic N) is 4. The van der Waals surface area contributed by atoms with Gasteiger partial charge >= 0.3 is 0 Å². The maximum atomic E-state index is 13.9. The van der Waals surface area contributed by atoms with Gasteiger partial charge in [0.05, 0.1) is 28.0 Å². The molecule has 0 saturated heterocycles. The number of nitro benzene ring substituents is 1. The third-order valence-electron chi connectivity index (χ3n) is 4.95. The zero-order chi connectivity index (χ0) is 25.5. The number of non-ortho nitro benzene ring substituents is 1. The molecule has 1 aromatic heterocycles. The van der Waals surface area contributed by atoms with E-state index in [1.165, 1.54) is 30.3 Å². The first-order valence-corrected chi connectivity index (χ1v) is 11.5. The summed E-state index contributed by atoms with van der Waals surface area (Å²) in [4.78, 5) is 35.4. The molecule has 1 atom stereocenters. The van der Waals surface area contributed by atoms with Crippen LogP contribution in [0.2, 0.25) is 0 Å². The summed E-state index contributed by atoms with van der Waals surface area (Å²) < 4.78 is 15.6. The number of carbonyl (C=O) groups excluding carboxylic acids is 2. The van der Waals surface area contributed by atoms with Crippen LogP contribution in [0.4, 0.5) is 15.8 Å². The monoisotopic (exact) mass is 498 g/mol. The van der Waals surface area contributed by atoms with E-state index in [-0.39, 0.29) is 22.9 Å². The van der Waals surface area contributed by atoms with Gasteiger partial charge in [-0.15, -0.1) is 16.8 Å². The molecule has 12 heteroatoms. The summed E-state index contributed by atoms with van der Waals surface area (Å²) in [5.41, 5.74) is 0.824. The number of carbonyl (C=O) groups is 2. The summed E-state index contributed by atoms with van der Waals surface area (Å²) in [6, 6.07) is 9.27. The molecule has 2 aromatic carbocycles. The predicted molar refractivity (Wildman–Crippen MR) is 130 cm³/mol. The normalized spacial score (nSPS) is 11.5. The van der Waals surface area contributed by atoms with E-state index in [2.05, 4.69) is 27.4 Å². The van der Waals surface area contributed by atoms with E-state index >= 15 is 0 Å². The molecule has 3 aromatic rings. The molecule has 0 saturated carbocycles. The van der Waals surface area contributed by atoms with Crippen LogP contribution < -0.4 is 10.6 Å². The number of aromatic nitrogens is 3. The standard InChI is InChI=1S/C23H23FN6O4S/c1-4-11-29-21(15(3)25-22(32)17-7-5-6-8-18(17)24)27-28-23(29)35-13-20(31)26-19-12-16(30(33)34)10-9-14(19)2/h4-10,12,15H,1,11,13H2,2-3H3,(H,25,32)(H,26,31)/t15-/m0/s1. The number of hydrogen-bond donors (Lipinski definition) is 2. The second-order valence-electron chi connectivity index (χ2n) is 7.51. The lowest BCUT2D eigenvalue weighted by atomic mass is 10.2. The van der Waals surface area contributed by atoms with Crippen molar-refractivity contribution >= 4 is 35.0 Å². The number of nitro groups is 1. The molecule has 0 spiro atoms. The van der Waals surface area contributed by atoms with Crippen molar-refractivity contribution in [3.05, 3.63) is 88.0 Å². The lowest BCUT2D eigenvalue weighted by Crippen LogP contribution is -2.29. The smallest absolute Gasteiger partial charge is 0.271 e. The average molecular weight is 499 g/mol. The Bertz CT molecular complexity index is 1280. The Labute approximate surface area is 204 Å². The molecule has 0 radical (unpaired) electrons. The number of rotatable bonds is 10. The first-order valence-electron chi connectivity index (χ1n) is 10.5. The zero-order valence-corrected chi connectivity index (χ0v) is 19.8. The van der Waals surface area contributed by atoms with E-state index in [1.54, 1.807) is 36.6 Å². The molecule has 2 amide bonds. The lowest BCUT2D eigenvalue weighted by Gasteiger charge is -2.15. The van der Waals surface area contributed by atoms with E-state index in [9.17, 15) is 24.1 Å². The Morgan fingerprint density at radius 2 is 2.03 bits per heavy atom. The van der Waals surface area contributed by atoms with Crippen molar-refractivity contribution in [1.29, 1.82) is 0 Å². The van der Waals surface area contributed by atoms with Crippen LogP contribution in [-0.4, -0.2) is 37.3 Å². The van der Waals surface area contributed by atoms with Gasteiger partial charge in [0.25, 0.3) is 11.6 Å². The molecule has 10 nitrogen and oxygen atoms in total. The van der Waals surface area contributed by atoms with Crippen LogP contribution in [0, 0.1) is 22.9 Å².